The molecule has 0 aromatic carbocycles. The lowest BCUT2D eigenvalue weighted by atomic mass is 10.0. The highest BCUT2D eigenvalue weighted by Crippen LogP contribution is 2.47. The van der Waals surface area contributed by atoms with Crippen molar-refractivity contribution in [2.75, 3.05) is 12.8 Å². The molecule has 108 valence electrons. The molecule has 0 aliphatic heterocycles. The molecule has 0 amide bonds. The summed E-state index contributed by atoms with van der Waals surface area (Å²) in [4.78, 5) is 14.4. The van der Waals surface area contributed by atoms with E-state index in [9.17, 15) is 4.79 Å². The van der Waals surface area contributed by atoms with E-state index in [1.807, 2.05) is 6.07 Å². The summed E-state index contributed by atoms with van der Waals surface area (Å²) in [5.74, 6) is -0.144. The summed E-state index contributed by atoms with van der Waals surface area (Å²) < 4.78 is 6.83. The minimum atomic E-state index is -0.379. The number of esters is 1. The minimum Gasteiger partial charge on any atom is -0.465 e. The molecule has 0 aliphatic carbocycles. The summed E-state index contributed by atoms with van der Waals surface area (Å²) in [6, 6.07) is 2.03. The molecule has 20 heavy (non-hydrogen) atoms. The number of carbonyl (C=O) groups excluding carboxylic acids is 1. The number of rotatable bonds is 3. The largest absolute Gasteiger partial charge is 0.465 e. The highest BCUT2D eigenvalue weighted by atomic mass is 79.9. The number of nitrogens with two attached hydrogens (primary N) is 1. The summed E-state index contributed by atoms with van der Waals surface area (Å²) in [7, 11) is 1.37. The quantitative estimate of drug-likeness (QED) is 0.644. The van der Waals surface area contributed by atoms with Crippen LogP contribution < -0.4 is 5.73 Å². The summed E-state index contributed by atoms with van der Waals surface area (Å²) in [5.41, 5.74) is 7.70. The molecule has 0 radical (unpaired) electrons. The molecule has 2 aromatic heterocycles. The van der Waals surface area contributed by atoms with E-state index in [4.69, 9.17) is 10.5 Å². The fourth-order valence-electron chi connectivity index (χ4n) is 1.92. The first-order valence-electron chi connectivity index (χ1n) is 5.82. The average molecular weight is 439 g/mol. The van der Waals surface area contributed by atoms with Crippen LogP contribution >= 0.6 is 54.5 Å². The Morgan fingerprint density at radius 3 is 2.45 bits per heavy atom. The Kier molecular flexibility index (Phi) is 4.94. The van der Waals surface area contributed by atoms with Crippen LogP contribution in [0.1, 0.15) is 35.0 Å². The van der Waals surface area contributed by atoms with Crippen LogP contribution in [0.4, 0.5) is 5.69 Å². The molecule has 2 rings (SSSR count). The van der Waals surface area contributed by atoms with Crippen molar-refractivity contribution in [3.8, 4) is 9.75 Å². The third-order valence-corrected chi connectivity index (χ3v) is 7.44. The van der Waals surface area contributed by atoms with Gasteiger partial charge in [-0.05, 0) is 49.4 Å². The van der Waals surface area contributed by atoms with Crippen LogP contribution in [-0.2, 0) is 4.74 Å². The van der Waals surface area contributed by atoms with E-state index >= 15 is 0 Å². The Hall–Kier alpha value is -0.370. The topological polar surface area (TPSA) is 52.3 Å². The molecule has 2 N–H and O–H groups in total. The van der Waals surface area contributed by atoms with Crippen LogP contribution in [0.25, 0.3) is 9.75 Å². The summed E-state index contributed by atoms with van der Waals surface area (Å²) in [6.45, 7) is 4.14. The molecule has 2 heterocycles. The Morgan fingerprint density at radius 1 is 1.35 bits per heavy atom. The summed E-state index contributed by atoms with van der Waals surface area (Å²) >= 11 is 9.99. The van der Waals surface area contributed by atoms with Crippen molar-refractivity contribution in [2.45, 2.75) is 19.8 Å². The highest BCUT2D eigenvalue weighted by molar-refractivity contribution is 9.13. The fraction of sp³-hybridized carbons (Fsp3) is 0.308. The highest BCUT2D eigenvalue weighted by Gasteiger charge is 2.25. The van der Waals surface area contributed by atoms with Gasteiger partial charge in [-0.1, -0.05) is 13.8 Å². The standard InChI is InChI=1S/C13H13Br2NO2S2/c1-5(2)8-9(16)11(13(17)18-3)20-10(8)7-4-6(14)12(15)19-7/h4-5H,16H2,1-3H3. The number of hydrogen-bond acceptors (Lipinski definition) is 5. The van der Waals surface area contributed by atoms with Gasteiger partial charge in [-0.25, -0.2) is 4.79 Å². The maximum atomic E-state index is 11.8. The molecule has 0 fully saturated rings. The lowest BCUT2D eigenvalue weighted by Crippen LogP contribution is -2.03. The van der Waals surface area contributed by atoms with Crippen molar-refractivity contribution in [2.24, 2.45) is 0 Å². The molecule has 0 saturated heterocycles. The van der Waals surface area contributed by atoms with Crippen LogP contribution in [0.3, 0.4) is 0 Å². The van der Waals surface area contributed by atoms with Gasteiger partial charge in [-0.3, -0.25) is 0 Å². The van der Waals surface area contributed by atoms with Crippen LogP contribution in [0.15, 0.2) is 14.3 Å². The molecule has 0 aliphatic rings. The SMILES string of the molecule is COC(=O)c1sc(-c2cc(Br)c(Br)s2)c(C(C)C)c1N. The van der Waals surface area contributed by atoms with Gasteiger partial charge in [-0.2, -0.15) is 0 Å². The first-order valence-corrected chi connectivity index (χ1v) is 9.04. The Morgan fingerprint density at radius 2 is 2.00 bits per heavy atom. The summed E-state index contributed by atoms with van der Waals surface area (Å²) in [6.07, 6.45) is 0. The number of halogens is 2. The first kappa shape index (κ1) is 16.0. The van der Waals surface area contributed by atoms with E-state index in [-0.39, 0.29) is 11.9 Å². The van der Waals surface area contributed by atoms with Gasteiger partial charge in [0.25, 0.3) is 0 Å². The van der Waals surface area contributed by atoms with Crippen molar-refractivity contribution in [1.82, 2.24) is 0 Å². The molecule has 0 spiro atoms. The van der Waals surface area contributed by atoms with Gasteiger partial charge >= 0.3 is 5.97 Å². The molecule has 2 aromatic rings. The third-order valence-electron chi connectivity index (χ3n) is 2.80. The predicted molar refractivity (Wildman–Crippen MR) is 92.9 cm³/mol. The second kappa shape index (κ2) is 6.17. The first-order chi connectivity index (χ1) is 9.36. The van der Waals surface area contributed by atoms with Gasteiger partial charge in [-0.15, -0.1) is 22.7 Å². The molecule has 3 nitrogen and oxygen atoms in total. The van der Waals surface area contributed by atoms with Gasteiger partial charge in [0.15, 0.2) is 0 Å². The zero-order valence-corrected chi connectivity index (χ0v) is 15.9. The fourth-order valence-corrected chi connectivity index (χ4v) is 5.36. The van der Waals surface area contributed by atoms with Crippen molar-refractivity contribution in [3.63, 3.8) is 0 Å². The van der Waals surface area contributed by atoms with Gasteiger partial charge in [0, 0.05) is 9.35 Å². The van der Waals surface area contributed by atoms with Crippen molar-refractivity contribution in [3.05, 3.63) is 24.8 Å². The predicted octanol–water partition coefficient (Wildman–Crippen LogP) is 5.49. The van der Waals surface area contributed by atoms with E-state index in [2.05, 4.69) is 45.7 Å². The summed E-state index contributed by atoms with van der Waals surface area (Å²) in [5, 5.41) is 0. The number of thiophene rings is 2. The Labute approximate surface area is 142 Å². The smallest absolute Gasteiger partial charge is 0.350 e. The van der Waals surface area contributed by atoms with E-state index < -0.39 is 0 Å². The van der Waals surface area contributed by atoms with Crippen molar-refractivity contribution >= 4 is 66.2 Å². The lowest BCUT2D eigenvalue weighted by Gasteiger charge is -2.07. The van der Waals surface area contributed by atoms with E-state index in [0.29, 0.717) is 10.6 Å². The molecule has 7 heteroatoms. The number of methoxy groups -OCH3 is 1. The van der Waals surface area contributed by atoms with Gasteiger partial charge in [0.2, 0.25) is 0 Å². The zero-order valence-electron chi connectivity index (χ0n) is 11.1. The number of hydrogen-bond donors (Lipinski definition) is 1. The maximum absolute atomic E-state index is 11.8. The van der Waals surface area contributed by atoms with E-state index in [1.54, 1.807) is 11.3 Å². The molecule has 0 saturated carbocycles. The van der Waals surface area contributed by atoms with Crippen LogP contribution in [-0.4, -0.2) is 13.1 Å². The third kappa shape index (κ3) is 2.81. The van der Waals surface area contributed by atoms with Gasteiger partial charge in [0.1, 0.15) is 4.88 Å². The number of carbonyl (C=O) groups is 1. The normalized spacial score (nSPS) is 11.1. The zero-order chi connectivity index (χ0) is 15.0. The van der Waals surface area contributed by atoms with Crippen LogP contribution in [0.2, 0.25) is 0 Å². The lowest BCUT2D eigenvalue weighted by molar-refractivity contribution is 0.0607. The Bertz CT molecular complexity index is 642. The number of nitrogen functional groups attached to an aromatic ring is 1. The van der Waals surface area contributed by atoms with Gasteiger partial charge in [0.05, 0.1) is 21.5 Å². The number of ether oxygens (including phenoxy) is 1. The molecule has 0 unspecified atom stereocenters. The Balaban J connectivity index is 2.65. The number of anilines is 1. The van der Waals surface area contributed by atoms with Crippen molar-refractivity contribution in [1.29, 1.82) is 0 Å². The van der Waals surface area contributed by atoms with Crippen LogP contribution in [0, 0.1) is 0 Å². The maximum Gasteiger partial charge on any atom is 0.350 e. The van der Waals surface area contributed by atoms with E-state index in [1.165, 1.54) is 18.4 Å². The average Bonchev–Trinajstić information content (AvgIpc) is 2.90. The monoisotopic (exact) mass is 437 g/mol. The molecule has 0 bridgehead atoms. The molecular formula is C13H13Br2NO2S2. The van der Waals surface area contributed by atoms with Crippen LogP contribution in [0.5, 0.6) is 0 Å². The second-order valence-corrected chi connectivity index (χ2v) is 8.71. The molecule has 0 atom stereocenters. The van der Waals surface area contributed by atoms with Crippen molar-refractivity contribution < 1.29 is 9.53 Å². The second-order valence-electron chi connectivity index (χ2n) is 4.47. The minimum absolute atomic E-state index is 0.235. The van der Waals surface area contributed by atoms with Gasteiger partial charge < -0.3 is 10.5 Å². The van der Waals surface area contributed by atoms with E-state index in [0.717, 1.165) is 23.6 Å². The molecular weight excluding hydrogens is 426 g/mol.